The van der Waals surface area contributed by atoms with Crippen molar-refractivity contribution in [1.82, 2.24) is 31.5 Å². The number of likely N-dealkylation sites (tertiary alicyclic amines) is 1. The average molecular weight is 685 g/mol. The van der Waals surface area contributed by atoms with Gasteiger partial charge in [0.05, 0.1) is 0 Å². The predicted octanol–water partition coefficient (Wildman–Crippen LogP) is 3.18. The predicted molar refractivity (Wildman–Crippen MR) is 185 cm³/mol. The minimum absolute atomic E-state index is 0.00731. The molecule has 6 amide bonds. The fourth-order valence-electron chi connectivity index (χ4n) is 9.05. The van der Waals surface area contributed by atoms with Gasteiger partial charge in [0.1, 0.15) is 18.1 Å². The summed E-state index contributed by atoms with van der Waals surface area (Å²) < 4.78 is 0. The number of ketones is 1. The summed E-state index contributed by atoms with van der Waals surface area (Å²) in [7, 11) is 0. The maximum absolute atomic E-state index is 14.8. The first kappa shape index (κ1) is 37.1. The highest BCUT2D eigenvalue weighted by Gasteiger charge is 2.51. The summed E-state index contributed by atoms with van der Waals surface area (Å²) in [6.07, 6.45) is 11.6. The Labute approximate surface area is 291 Å². The van der Waals surface area contributed by atoms with Gasteiger partial charge in [-0.15, -0.1) is 0 Å². The Morgan fingerprint density at radius 3 is 2.27 bits per heavy atom. The van der Waals surface area contributed by atoms with E-state index in [1.54, 1.807) is 0 Å². The fourth-order valence-corrected chi connectivity index (χ4v) is 9.05. The molecule has 8 atom stereocenters. The van der Waals surface area contributed by atoms with Gasteiger partial charge in [-0.05, 0) is 80.5 Å². The number of fused-ring (bicyclic) bond motifs is 1. The van der Waals surface area contributed by atoms with Gasteiger partial charge >= 0.3 is 6.03 Å². The third-order valence-corrected chi connectivity index (χ3v) is 11.8. The third kappa shape index (κ3) is 8.95. The van der Waals surface area contributed by atoms with Crippen molar-refractivity contribution >= 4 is 35.4 Å². The van der Waals surface area contributed by atoms with Crippen LogP contribution in [0.1, 0.15) is 118 Å². The van der Waals surface area contributed by atoms with Gasteiger partial charge in [-0.3, -0.25) is 24.0 Å². The number of nitrogens with one attached hydrogen (secondary N) is 5. The summed E-state index contributed by atoms with van der Waals surface area (Å²) in [5.41, 5.74) is -0.621. The van der Waals surface area contributed by atoms with Gasteiger partial charge in [-0.25, -0.2) is 4.79 Å². The molecule has 5 aliphatic rings. The number of rotatable bonds is 14. The molecule has 2 aliphatic heterocycles. The number of hydrogen-bond acceptors (Lipinski definition) is 6. The molecule has 0 spiro atoms. The van der Waals surface area contributed by atoms with Crippen molar-refractivity contribution in [2.45, 2.75) is 148 Å². The van der Waals surface area contributed by atoms with Crippen LogP contribution in [0.5, 0.6) is 0 Å². The van der Waals surface area contributed by atoms with E-state index in [0.29, 0.717) is 31.2 Å². The van der Waals surface area contributed by atoms with Crippen LogP contribution in [0.3, 0.4) is 0 Å². The van der Waals surface area contributed by atoms with Crippen LogP contribution in [0, 0.1) is 35.0 Å². The maximum atomic E-state index is 14.8. The molecule has 12 heteroatoms. The first-order valence-corrected chi connectivity index (χ1v) is 19.1. The van der Waals surface area contributed by atoms with Crippen LogP contribution >= 0.6 is 0 Å². The molecule has 49 heavy (non-hydrogen) atoms. The highest BCUT2D eigenvalue weighted by Crippen LogP contribution is 2.46. The van der Waals surface area contributed by atoms with Crippen molar-refractivity contribution < 1.29 is 28.8 Å². The topological polar surface area (TPSA) is 166 Å². The van der Waals surface area contributed by atoms with E-state index in [9.17, 15) is 28.8 Å². The zero-order valence-corrected chi connectivity index (χ0v) is 30.3. The maximum Gasteiger partial charge on any atom is 0.315 e. The molecule has 0 bridgehead atoms. The van der Waals surface area contributed by atoms with Gasteiger partial charge < -0.3 is 31.5 Å². The lowest BCUT2D eigenvalue weighted by Gasteiger charge is -2.40. The van der Waals surface area contributed by atoms with Crippen LogP contribution < -0.4 is 26.6 Å². The molecule has 3 aliphatic carbocycles. The van der Waals surface area contributed by atoms with E-state index in [-0.39, 0.29) is 48.1 Å². The van der Waals surface area contributed by atoms with Gasteiger partial charge in [0.25, 0.3) is 5.91 Å². The highest BCUT2D eigenvalue weighted by atomic mass is 16.2. The number of urea groups is 1. The van der Waals surface area contributed by atoms with Crippen molar-refractivity contribution in [3.63, 3.8) is 0 Å². The molecule has 2 saturated heterocycles. The Balaban J connectivity index is 1.34. The SMILES string of the molecule is CCC[C@H](CC(C)[C@@H]1[C@H]2CCC[C@H]2CN1C(=O)[C@@H](NC(=O)[C@@H](NC(=O)[C@@H]1CNC(=O)N1)C1CCCCC1)C(C)(C)C)C(=O)C(=O)NC1CC1. The number of amides is 6. The molecule has 5 fully saturated rings. The summed E-state index contributed by atoms with van der Waals surface area (Å²) in [5, 5.41) is 14.1. The molecule has 0 aromatic heterocycles. The van der Waals surface area contributed by atoms with E-state index in [2.05, 4.69) is 33.5 Å². The summed E-state index contributed by atoms with van der Waals surface area (Å²) in [5.74, 6) is -1.51. The molecular formula is C37H60N6O6. The Hall–Kier alpha value is -3.18. The first-order valence-electron chi connectivity index (χ1n) is 19.1. The Morgan fingerprint density at radius 1 is 0.939 bits per heavy atom. The standard InChI is InChI=1S/C37H60N6O6/c1-6-11-23(30(44)34(47)39-25-16-17-25)18-21(2)29-26-15-10-14-24(26)20-43(29)35(48)31(37(3,4)5)42-33(46)28(22-12-8-7-9-13-22)41-32(45)27-19-38-36(49)40-27/h21-29,31H,6-20H2,1-5H3,(H,39,47)(H,41,45)(H,42,46)(H2,38,40,49)/t21?,23-,24+,26+,27+,28+,29-,31-/m1/s1. The second-order valence-corrected chi connectivity index (χ2v) is 16.7. The van der Waals surface area contributed by atoms with Crippen LogP contribution in [0.15, 0.2) is 0 Å². The van der Waals surface area contributed by atoms with E-state index in [4.69, 9.17) is 0 Å². The van der Waals surface area contributed by atoms with Crippen LogP contribution in [0.25, 0.3) is 0 Å². The summed E-state index contributed by atoms with van der Waals surface area (Å²) >= 11 is 0. The second-order valence-electron chi connectivity index (χ2n) is 16.7. The lowest BCUT2D eigenvalue weighted by atomic mass is 9.79. The number of hydrogen-bond donors (Lipinski definition) is 5. The van der Waals surface area contributed by atoms with E-state index < -0.39 is 47.3 Å². The van der Waals surface area contributed by atoms with Gasteiger partial charge in [-0.1, -0.05) is 66.7 Å². The van der Waals surface area contributed by atoms with E-state index in [1.807, 2.05) is 32.6 Å². The van der Waals surface area contributed by atoms with E-state index >= 15 is 0 Å². The van der Waals surface area contributed by atoms with Crippen molar-refractivity contribution in [3.8, 4) is 0 Å². The molecule has 0 aromatic rings. The van der Waals surface area contributed by atoms with Crippen molar-refractivity contribution in [1.29, 1.82) is 0 Å². The van der Waals surface area contributed by atoms with Crippen LogP contribution in [-0.4, -0.2) is 83.6 Å². The first-order chi connectivity index (χ1) is 23.3. The monoisotopic (exact) mass is 684 g/mol. The average Bonchev–Trinajstić information content (AvgIpc) is 3.40. The Morgan fingerprint density at radius 2 is 1.65 bits per heavy atom. The molecule has 1 unspecified atom stereocenters. The Bertz CT molecular complexity index is 1260. The molecule has 2 heterocycles. The van der Waals surface area contributed by atoms with Crippen molar-refractivity contribution in [3.05, 3.63) is 0 Å². The quantitative estimate of drug-likeness (QED) is 0.176. The lowest BCUT2D eigenvalue weighted by molar-refractivity contribution is -0.143. The molecular weight excluding hydrogens is 624 g/mol. The zero-order chi connectivity index (χ0) is 35.5. The molecule has 0 radical (unpaired) electrons. The van der Waals surface area contributed by atoms with Gasteiger partial charge in [0.15, 0.2) is 0 Å². The molecule has 5 N–H and O–H groups in total. The van der Waals surface area contributed by atoms with Gasteiger partial charge in [0, 0.05) is 31.1 Å². The van der Waals surface area contributed by atoms with Crippen LogP contribution in [-0.2, 0) is 24.0 Å². The van der Waals surface area contributed by atoms with Crippen molar-refractivity contribution in [2.75, 3.05) is 13.1 Å². The van der Waals surface area contributed by atoms with Gasteiger partial charge in [-0.2, -0.15) is 0 Å². The molecule has 274 valence electrons. The summed E-state index contributed by atoms with van der Waals surface area (Å²) in [6.45, 7) is 10.8. The van der Waals surface area contributed by atoms with E-state index in [0.717, 1.165) is 70.6 Å². The number of nitrogens with zero attached hydrogens (tertiary/aromatic N) is 1. The molecule has 5 rings (SSSR count). The number of carbonyl (C=O) groups excluding carboxylic acids is 6. The minimum Gasteiger partial charge on any atom is -0.347 e. The lowest BCUT2D eigenvalue weighted by Crippen LogP contribution is -2.62. The minimum atomic E-state index is -0.832. The van der Waals surface area contributed by atoms with Crippen LogP contribution in [0.2, 0.25) is 0 Å². The third-order valence-electron chi connectivity index (χ3n) is 11.8. The molecule has 3 saturated carbocycles. The largest absolute Gasteiger partial charge is 0.347 e. The highest BCUT2D eigenvalue weighted by molar-refractivity contribution is 6.37. The van der Waals surface area contributed by atoms with Crippen molar-refractivity contribution in [2.24, 2.45) is 35.0 Å². The van der Waals surface area contributed by atoms with Crippen LogP contribution in [0.4, 0.5) is 4.79 Å². The normalized spacial score (nSPS) is 28.0. The molecule has 0 aromatic carbocycles. The smallest absolute Gasteiger partial charge is 0.315 e. The Kier molecular flexibility index (Phi) is 12.0. The van der Waals surface area contributed by atoms with E-state index in [1.165, 1.54) is 0 Å². The number of Topliss-reactive ketones (excluding diaryl/α,β-unsaturated/α-hetero) is 1. The van der Waals surface area contributed by atoms with Gasteiger partial charge in [0.2, 0.25) is 23.5 Å². The molecule has 12 nitrogen and oxygen atoms in total. The summed E-state index contributed by atoms with van der Waals surface area (Å²) in [4.78, 5) is 82.0. The second kappa shape index (κ2) is 15.8. The zero-order valence-electron chi connectivity index (χ0n) is 30.3. The fraction of sp³-hybridized carbons (Fsp3) is 0.838. The summed E-state index contributed by atoms with van der Waals surface area (Å²) in [6, 6.07) is -2.80. The number of carbonyl (C=O) groups is 6.